The van der Waals surface area contributed by atoms with Crippen molar-refractivity contribution in [2.24, 2.45) is 5.73 Å². The van der Waals surface area contributed by atoms with Crippen LogP contribution < -0.4 is 10.5 Å². The Balaban J connectivity index is 1.81. The summed E-state index contributed by atoms with van der Waals surface area (Å²) in [4.78, 5) is 37.5. The molecule has 0 radical (unpaired) electrons. The summed E-state index contributed by atoms with van der Waals surface area (Å²) in [6.07, 6.45) is 1.59. The van der Waals surface area contributed by atoms with Gasteiger partial charge in [-0.25, -0.2) is 0 Å². The number of primary amides is 1. The number of nitrogens with zero attached hydrogens (tertiary/aromatic N) is 1. The van der Waals surface area contributed by atoms with Gasteiger partial charge in [0.2, 0.25) is 0 Å². The Labute approximate surface area is 161 Å². The highest BCUT2D eigenvalue weighted by atomic mass is 32.2. The van der Waals surface area contributed by atoms with Gasteiger partial charge in [0.25, 0.3) is 17.1 Å². The topological polar surface area (TPSA) is 89.7 Å². The van der Waals surface area contributed by atoms with Gasteiger partial charge in [-0.05, 0) is 36.4 Å². The molecule has 6 nitrogen and oxygen atoms in total. The number of benzene rings is 2. The number of rotatable bonds is 6. The monoisotopic (exact) mass is 382 g/mol. The molecule has 0 spiro atoms. The van der Waals surface area contributed by atoms with Crippen molar-refractivity contribution in [3.8, 4) is 5.75 Å². The van der Waals surface area contributed by atoms with Crippen LogP contribution >= 0.6 is 11.8 Å². The molecule has 27 heavy (non-hydrogen) atoms. The molecule has 0 unspecified atom stereocenters. The van der Waals surface area contributed by atoms with Crippen molar-refractivity contribution < 1.29 is 19.1 Å². The van der Waals surface area contributed by atoms with Crippen LogP contribution in [-0.2, 0) is 16.1 Å². The van der Waals surface area contributed by atoms with Gasteiger partial charge in [-0.15, -0.1) is 0 Å². The summed E-state index contributed by atoms with van der Waals surface area (Å²) in [5.74, 6) is -0.527. The quantitative estimate of drug-likeness (QED) is 0.776. The molecular formula is C20H18N2O4S. The number of carbonyl (C=O) groups excluding carboxylic acids is 3. The van der Waals surface area contributed by atoms with Crippen LogP contribution in [0.15, 0.2) is 53.4 Å². The highest BCUT2D eigenvalue weighted by Gasteiger charge is 2.35. The Hall–Kier alpha value is -3.06. The summed E-state index contributed by atoms with van der Waals surface area (Å²) in [6.45, 7) is 1.92. The molecule has 7 heteroatoms. The van der Waals surface area contributed by atoms with Gasteiger partial charge >= 0.3 is 0 Å². The lowest BCUT2D eigenvalue weighted by atomic mass is 10.1. The molecule has 2 aromatic rings. The SMILES string of the molecule is Cc1cccc(CN2C(=O)S/C(=C\c3ccccc3OCC(N)=O)C2=O)c1. The second-order valence-electron chi connectivity index (χ2n) is 6.05. The fourth-order valence-electron chi connectivity index (χ4n) is 2.65. The molecule has 0 aromatic heterocycles. The highest BCUT2D eigenvalue weighted by Crippen LogP contribution is 2.34. The van der Waals surface area contributed by atoms with Crippen LogP contribution in [0, 0.1) is 6.92 Å². The molecule has 0 atom stereocenters. The summed E-state index contributed by atoms with van der Waals surface area (Å²) in [5.41, 5.74) is 7.66. The number of hydrogen-bond donors (Lipinski definition) is 1. The number of ether oxygens (including phenoxy) is 1. The van der Waals surface area contributed by atoms with Crippen LogP contribution in [0.5, 0.6) is 5.75 Å². The maximum absolute atomic E-state index is 12.7. The van der Waals surface area contributed by atoms with E-state index in [-0.39, 0.29) is 24.3 Å². The lowest BCUT2D eigenvalue weighted by Gasteiger charge is -2.12. The Kier molecular flexibility index (Phi) is 5.61. The van der Waals surface area contributed by atoms with Crippen molar-refractivity contribution in [3.05, 3.63) is 70.1 Å². The molecule has 1 heterocycles. The summed E-state index contributed by atoms with van der Waals surface area (Å²) < 4.78 is 5.37. The van der Waals surface area contributed by atoms with E-state index in [1.807, 2.05) is 31.2 Å². The molecule has 2 aromatic carbocycles. The predicted octanol–water partition coefficient (Wildman–Crippen LogP) is 3.10. The Bertz CT molecular complexity index is 939. The first-order chi connectivity index (χ1) is 12.9. The molecule has 1 aliphatic rings. The van der Waals surface area contributed by atoms with Crippen LogP contribution in [0.25, 0.3) is 6.08 Å². The first-order valence-corrected chi connectivity index (χ1v) is 9.07. The van der Waals surface area contributed by atoms with E-state index in [9.17, 15) is 14.4 Å². The number of thioether (sulfide) groups is 1. The van der Waals surface area contributed by atoms with Crippen molar-refractivity contribution in [1.82, 2.24) is 4.90 Å². The molecule has 1 aliphatic heterocycles. The average Bonchev–Trinajstić information content (AvgIpc) is 2.88. The van der Waals surface area contributed by atoms with Crippen molar-refractivity contribution >= 4 is 34.9 Å². The highest BCUT2D eigenvalue weighted by molar-refractivity contribution is 8.18. The van der Waals surface area contributed by atoms with E-state index in [2.05, 4.69) is 0 Å². The first kappa shape index (κ1) is 18.7. The smallest absolute Gasteiger partial charge is 0.293 e. The zero-order chi connectivity index (χ0) is 19.4. The Morgan fingerprint density at radius 3 is 2.70 bits per heavy atom. The van der Waals surface area contributed by atoms with E-state index in [1.54, 1.807) is 30.3 Å². The van der Waals surface area contributed by atoms with Gasteiger partial charge in [-0.2, -0.15) is 0 Å². The van der Waals surface area contributed by atoms with Crippen molar-refractivity contribution in [3.63, 3.8) is 0 Å². The van der Waals surface area contributed by atoms with E-state index >= 15 is 0 Å². The standard InChI is InChI=1S/C20H18N2O4S/c1-13-5-4-6-14(9-13)11-22-19(24)17(27-20(22)25)10-15-7-2-3-8-16(15)26-12-18(21)23/h2-10H,11-12H2,1H3,(H2,21,23)/b17-10-. The van der Waals surface area contributed by atoms with Gasteiger partial charge in [0.1, 0.15) is 5.75 Å². The second kappa shape index (κ2) is 8.09. The summed E-state index contributed by atoms with van der Waals surface area (Å²) in [6, 6.07) is 14.6. The van der Waals surface area contributed by atoms with Gasteiger partial charge in [0.15, 0.2) is 6.61 Å². The zero-order valence-electron chi connectivity index (χ0n) is 14.7. The van der Waals surface area contributed by atoms with Gasteiger partial charge in [-0.1, -0.05) is 48.0 Å². The molecule has 0 aliphatic carbocycles. The van der Waals surface area contributed by atoms with Crippen LogP contribution in [0.2, 0.25) is 0 Å². The predicted molar refractivity (Wildman–Crippen MR) is 104 cm³/mol. The Morgan fingerprint density at radius 1 is 1.19 bits per heavy atom. The molecule has 0 saturated carbocycles. The average molecular weight is 382 g/mol. The fraction of sp³-hybridized carbons (Fsp3) is 0.150. The van der Waals surface area contributed by atoms with Crippen LogP contribution in [0.3, 0.4) is 0 Å². The lowest BCUT2D eigenvalue weighted by Crippen LogP contribution is -2.27. The fourth-order valence-corrected chi connectivity index (χ4v) is 3.48. The maximum atomic E-state index is 12.7. The second-order valence-corrected chi connectivity index (χ2v) is 7.04. The molecule has 138 valence electrons. The van der Waals surface area contributed by atoms with E-state index < -0.39 is 5.91 Å². The van der Waals surface area contributed by atoms with Gasteiger partial charge in [-0.3, -0.25) is 19.3 Å². The third-order valence-corrected chi connectivity index (χ3v) is 4.78. The zero-order valence-corrected chi connectivity index (χ0v) is 15.5. The number of amides is 3. The van der Waals surface area contributed by atoms with E-state index in [0.717, 1.165) is 22.9 Å². The molecule has 2 N–H and O–H groups in total. The lowest BCUT2D eigenvalue weighted by molar-refractivity contribution is -0.123. The maximum Gasteiger partial charge on any atom is 0.293 e. The number of nitrogens with two attached hydrogens (primary N) is 1. The first-order valence-electron chi connectivity index (χ1n) is 8.25. The largest absolute Gasteiger partial charge is 0.483 e. The third-order valence-electron chi connectivity index (χ3n) is 3.87. The van der Waals surface area contributed by atoms with E-state index in [1.165, 1.54) is 4.90 Å². The van der Waals surface area contributed by atoms with Crippen molar-refractivity contribution in [1.29, 1.82) is 0 Å². The molecule has 1 fully saturated rings. The minimum atomic E-state index is -0.594. The van der Waals surface area contributed by atoms with E-state index in [4.69, 9.17) is 10.5 Å². The number of aryl methyl sites for hydroxylation is 1. The van der Waals surface area contributed by atoms with Crippen LogP contribution in [0.1, 0.15) is 16.7 Å². The van der Waals surface area contributed by atoms with Gasteiger partial charge < -0.3 is 10.5 Å². The number of imide groups is 1. The summed E-state index contributed by atoms with van der Waals surface area (Å²) in [7, 11) is 0. The molecule has 3 rings (SSSR count). The number of carbonyl (C=O) groups is 3. The molecule has 3 amide bonds. The Morgan fingerprint density at radius 2 is 1.96 bits per heavy atom. The van der Waals surface area contributed by atoms with Gasteiger partial charge in [0, 0.05) is 5.56 Å². The normalized spacial score (nSPS) is 15.4. The third kappa shape index (κ3) is 4.57. The molecule has 1 saturated heterocycles. The number of para-hydroxylation sites is 1. The van der Waals surface area contributed by atoms with Crippen molar-refractivity contribution in [2.75, 3.05) is 6.61 Å². The van der Waals surface area contributed by atoms with E-state index in [0.29, 0.717) is 16.2 Å². The van der Waals surface area contributed by atoms with Crippen molar-refractivity contribution in [2.45, 2.75) is 13.5 Å². The summed E-state index contributed by atoms with van der Waals surface area (Å²) in [5, 5.41) is -0.316. The minimum absolute atomic E-state index is 0.226. The summed E-state index contributed by atoms with van der Waals surface area (Å²) >= 11 is 0.885. The molecule has 0 bridgehead atoms. The molecular weight excluding hydrogens is 364 g/mol. The van der Waals surface area contributed by atoms with Crippen LogP contribution in [0.4, 0.5) is 4.79 Å². The number of hydrogen-bond acceptors (Lipinski definition) is 5. The van der Waals surface area contributed by atoms with Gasteiger partial charge in [0.05, 0.1) is 11.4 Å². The van der Waals surface area contributed by atoms with Crippen LogP contribution in [-0.4, -0.2) is 28.6 Å². The minimum Gasteiger partial charge on any atom is -0.483 e.